The molecule has 1 saturated heterocycles. The van der Waals surface area contributed by atoms with E-state index in [1.807, 2.05) is 13.8 Å². The lowest BCUT2D eigenvalue weighted by Gasteiger charge is -2.07. The normalized spacial score (nSPS) is 19.1. The Bertz CT molecular complexity index is 389. The standard InChI is InChI=1S/C13H21N3O2/c1-9-10(2)18-13(16-9)8-15-12(17)4-3-11-5-6-14-7-11/h11,14H,3-8H2,1-2H3,(H,15,17). The maximum Gasteiger partial charge on any atom is 0.220 e. The zero-order valence-corrected chi connectivity index (χ0v) is 11.1. The first-order valence-corrected chi connectivity index (χ1v) is 6.55. The van der Waals surface area contributed by atoms with Gasteiger partial charge >= 0.3 is 0 Å². The summed E-state index contributed by atoms with van der Waals surface area (Å²) in [5.74, 6) is 2.13. The highest BCUT2D eigenvalue weighted by Gasteiger charge is 2.15. The van der Waals surface area contributed by atoms with Crippen LogP contribution >= 0.6 is 0 Å². The summed E-state index contributed by atoms with van der Waals surface area (Å²) < 4.78 is 5.41. The Morgan fingerprint density at radius 1 is 1.56 bits per heavy atom. The lowest BCUT2D eigenvalue weighted by atomic mass is 10.0. The van der Waals surface area contributed by atoms with Crippen molar-refractivity contribution in [3.05, 3.63) is 17.3 Å². The summed E-state index contributed by atoms with van der Waals surface area (Å²) in [6.45, 7) is 6.29. The van der Waals surface area contributed by atoms with Crippen LogP contribution in [0.5, 0.6) is 0 Å². The number of amides is 1. The quantitative estimate of drug-likeness (QED) is 0.827. The van der Waals surface area contributed by atoms with E-state index in [0.717, 1.165) is 31.0 Å². The minimum absolute atomic E-state index is 0.0791. The zero-order chi connectivity index (χ0) is 13.0. The zero-order valence-electron chi connectivity index (χ0n) is 11.1. The third-order valence-corrected chi connectivity index (χ3v) is 3.45. The fourth-order valence-electron chi connectivity index (χ4n) is 2.17. The van der Waals surface area contributed by atoms with E-state index in [-0.39, 0.29) is 5.91 Å². The van der Waals surface area contributed by atoms with E-state index >= 15 is 0 Å². The third kappa shape index (κ3) is 3.57. The predicted octanol–water partition coefficient (Wildman–Crippen LogP) is 1.30. The number of carbonyl (C=O) groups excluding carboxylic acids is 1. The SMILES string of the molecule is Cc1nc(CNC(=O)CCC2CCNC2)oc1C. The Hall–Kier alpha value is -1.36. The van der Waals surface area contributed by atoms with Crippen LogP contribution in [-0.2, 0) is 11.3 Å². The van der Waals surface area contributed by atoms with Crippen molar-refractivity contribution in [2.45, 2.75) is 39.7 Å². The number of nitrogens with one attached hydrogen (secondary N) is 2. The summed E-state index contributed by atoms with van der Waals surface area (Å²) in [6, 6.07) is 0. The minimum atomic E-state index is 0.0791. The maximum atomic E-state index is 11.7. The highest BCUT2D eigenvalue weighted by molar-refractivity contribution is 5.75. The van der Waals surface area contributed by atoms with Gasteiger partial charge in [-0.2, -0.15) is 0 Å². The van der Waals surface area contributed by atoms with Gasteiger partial charge in [0, 0.05) is 6.42 Å². The highest BCUT2D eigenvalue weighted by atomic mass is 16.4. The van der Waals surface area contributed by atoms with Crippen LogP contribution in [0, 0.1) is 19.8 Å². The van der Waals surface area contributed by atoms with Crippen LogP contribution in [-0.4, -0.2) is 24.0 Å². The van der Waals surface area contributed by atoms with Gasteiger partial charge in [0.05, 0.1) is 12.2 Å². The van der Waals surface area contributed by atoms with E-state index in [9.17, 15) is 4.79 Å². The van der Waals surface area contributed by atoms with Crippen molar-refractivity contribution in [3.8, 4) is 0 Å². The van der Waals surface area contributed by atoms with Crippen molar-refractivity contribution in [2.75, 3.05) is 13.1 Å². The van der Waals surface area contributed by atoms with Gasteiger partial charge in [0.15, 0.2) is 0 Å². The number of hydrogen-bond donors (Lipinski definition) is 2. The molecular formula is C13H21N3O2. The van der Waals surface area contributed by atoms with Gasteiger partial charge in [0.1, 0.15) is 5.76 Å². The minimum Gasteiger partial charge on any atom is -0.444 e. The molecule has 1 atom stereocenters. The molecule has 1 aliphatic rings. The summed E-state index contributed by atoms with van der Waals surface area (Å²) in [5, 5.41) is 6.15. The molecule has 1 aromatic heterocycles. The summed E-state index contributed by atoms with van der Waals surface area (Å²) >= 11 is 0. The second kappa shape index (κ2) is 6.00. The first-order valence-electron chi connectivity index (χ1n) is 6.55. The summed E-state index contributed by atoms with van der Waals surface area (Å²) in [6.07, 6.45) is 2.74. The number of hydrogen-bond acceptors (Lipinski definition) is 4. The van der Waals surface area contributed by atoms with Crippen LogP contribution in [0.2, 0.25) is 0 Å². The summed E-state index contributed by atoms with van der Waals surface area (Å²) in [5.41, 5.74) is 0.885. The molecule has 5 nitrogen and oxygen atoms in total. The van der Waals surface area contributed by atoms with Crippen molar-refractivity contribution >= 4 is 5.91 Å². The van der Waals surface area contributed by atoms with E-state index in [1.54, 1.807) is 0 Å². The number of aromatic nitrogens is 1. The average molecular weight is 251 g/mol. The second-order valence-corrected chi connectivity index (χ2v) is 4.92. The lowest BCUT2D eigenvalue weighted by Crippen LogP contribution is -2.23. The van der Waals surface area contributed by atoms with E-state index in [0.29, 0.717) is 24.8 Å². The molecule has 0 bridgehead atoms. The molecule has 5 heteroatoms. The molecular weight excluding hydrogens is 230 g/mol. The summed E-state index contributed by atoms with van der Waals surface area (Å²) in [7, 11) is 0. The first-order chi connectivity index (χ1) is 8.65. The fraction of sp³-hybridized carbons (Fsp3) is 0.692. The average Bonchev–Trinajstić information content (AvgIpc) is 2.95. The second-order valence-electron chi connectivity index (χ2n) is 4.92. The van der Waals surface area contributed by atoms with Gasteiger partial charge in [0.25, 0.3) is 0 Å². The fourth-order valence-corrected chi connectivity index (χ4v) is 2.17. The Labute approximate surface area is 107 Å². The van der Waals surface area contributed by atoms with Crippen molar-refractivity contribution in [1.82, 2.24) is 15.6 Å². The van der Waals surface area contributed by atoms with Gasteiger partial charge in [-0.25, -0.2) is 4.98 Å². The molecule has 0 aromatic carbocycles. The smallest absolute Gasteiger partial charge is 0.220 e. The Morgan fingerprint density at radius 2 is 2.39 bits per heavy atom. The number of aryl methyl sites for hydroxylation is 2. The molecule has 0 spiro atoms. The molecule has 1 amide bonds. The van der Waals surface area contributed by atoms with Crippen LogP contribution in [0.25, 0.3) is 0 Å². The number of rotatable bonds is 5. The van der Waals surface area contributed by atoms with Gasteiger partial charge < -0.3 is 15.1 Å². The van der Waals surface area contributed by atoms with E-state index in [4.69, 9.17) is 4.42 Å². The molecule has 2 rings (SSSR count). The Kier molecular flexibility index (Phi) is 4.36. The molecule has 0 saturated carbocycles. The lowest BCUT2D eigenvalue weighted by molar-refractivity contribution is -0.121. The van der Waals surface area contributed by atoms with Gasteiger partial charge in [-0.3, -0.25) is 4.79 Å². The Morgan fingerprint density at radius 3 is 3.00 bits per heavy atom. The van der Waals surface area contributed by atoms with Crippen molar-refractivity contribution in [2.24, 2.45) is 5.92 Å². The molecule has 1 aliphatic heterocycles. The van der Waals surface area contributed by atoms with E-state index in [1.165, 1.54) is 6.42 Å². The van der Waals surface area contributed by atoms with Crippen LogP contribution in [0.4, 0.5) is 0 Å². The van der Waals surface area contributed by atoms with E-state index in [2.05, 4.69) is 15.6 Å². The topological polar surface area (TPSA) is 67.2 Å². The molecule has 1 aromatic rings. The third-order valence-electron chi connectivity index (χ3n) is 3.45. The maximum absolute atomic E-state index is 11.7. The van der Waals surface area contributed by atoms with Gasteiger partial charge in [-0.05, 0) is 45.7 Å². The first kappa shape index (κ1) is 13.1. The predicted molar refractivity (Wildman–Crippen MR) is 68.0 cm³/mol. The van der Waals surface area contributed by atoms with Crippen molar-refractivity contribution in [1.29, 1.82) is 0 Å². The molecule has 1 fully saturated rings. The summed E-state index contributed by atoms with van der Waals surface area (Å²) in [4.78, 5) is 15.9. The van der Waals surface area contributed by atoms with Crippen LogP contribution in [0.1, 0.15) is 36.6 Å². The number of nitrogens with zero attached hydrogens (tertiary/aromatic N) is 1. The molecule has 18 heavy (non-hydrogen) atoms. The highest BCUT2D eigenvalue weighted by Crippen LogP contribution is 2.14. The largest absolute Gasteiger partial charge is 0.444 e. The van der Waals surface area contributed by atoms with E-state index < -0.39 is 0 Å². The van der Waals surface area contributed by atoms with Crippen LogP contribution in [0.15, 0.2) is 4.42 Å². The van der Waals surface area contributed by atoms with Gasteiger partial charge in [-0.1, -0.05) is 0 Å². The van der Waals surface area contributed by atoms with Gasteiger partial charge in [0.2, 0.25) is 11.8 Å². The molecule has 0 radical (unpaired) electrons. The van der Waals surface area contributed by atoms with Gasteiger partial charge in [-0.15, -0.1) is 0 Å². The number of oxazole rings is 1. The Balaban J connectivity index is 1.67. The molecule has 0 aliphatic carbocycles. The van der Waals surface area contributed by atoms with Crippen molar-refractivity contribution in [3.63, 3.8) is 0 Å². The number of carbonyl (C=O) groups is 1. The van der Waals surface area contributed by atoms with Crippen molar-refractivity contribution < 1.29 is 9.21 Å². The van der Waals surface area contributed by atoms with Crippen LogP contribution in [0.3, 0.4) is 0 Å². The molecule has 100 valence electrons. The molecule has 1 unspecified atom stereocenters. The monoisotopic (exact) mass is 251 g/mol. The molecule has 2 N–H and O–H groups in total. The van der Waals surface area contributed by atoms with Crippen LogP contribution < -0.4 is 10.6 Å². The molecule has 2 heterocycles.